The summed E-state index contributed by atoms with van der Waals surface area (Å²) in [7, 11) is 0. The highest BCUT2D eigenvalue weighted by Gasteiger charge is 2.22. The van der Waals surface area contributed by atoms with Crippen LogP contribution in [0.1, 0.15) is 89.0 Å². The zero-order valence-electron chi connectivity index (χ0n) is 41.7. The van der Waals surface area contributed by atoms with E-state index in [1.54, 1.807) is 48.5 Å². The topological polar surface area (TPSA) is 180 Å². The highest BCUT2D eigenvalue weighted by atomic mass is 16.3. The van der Waals surface area contributed by atoms with Crippen molar-refractivity contribution in [1.82, 2.24) is 0 Å². The molecule has 4 N–H and O–H groups in total. The molecule has 0 aromatic heterocycles. The molecule has 1 aliphatic rings. The Bertz CT molecular complexity index is 2930. The fourth-order valence-electron chi connectivity index (χ4n) is 9.59. The molecule has 0 amide bonds. The van der Waals surface area contributed by atoms with E-state index in [1.165, 1.54) is 0 Å². The van der Waals surface area contributed by atoms with Crippen molar-refractivity contribution in [2.45, 2.75) is 81.1 Å². The zero-order chi connectivity index (χ0) is 50.8. The molecule has 1 aliphatic carbocycles. The molecule has 0 radical (unpaired) electrons. The van der Waals surface area contributed by atoms with Gasteiger partial charge in [0.2, 0.25) is 0 Å². The number of aryl methyl sites for hydroxylation is 8. The minimum absolute atomic E-state index is 0.0412. The van der Waals surface area contributed by atoms with Crippen molar-refractivity contribution in [3.05, 3.63) is 210 Å². The van der Waals surface area contributed by atoms with Crippen LogP contribution in [0, 0.1) is 55.4 Å². The second kappa shape index (κ2) is 20.4. The van der Waals surface area contributed by atoms with E-state index in [-0.39, 0.29) is 48.7 Å². The molecule has 0 saturated carbocycles. The Balaban J connectivity index is 1.25. The number of fused-ring (bicyclic) bond motifs is 8. The summed E-state index contributed by atoms with van der Waals surface area (Å²) in [6.07, 6.45) is 0.168. The van der Waals surface area contributed by atoms with Crippen LogP contribution in [0.15, 0.2) is 162 Å². The zero-order valence-corrected chi connectivity index (χ0v) is 41.7. The molecule has 8 bridgehead atoms. The third-order valence-corrected chi connectivity index (χ3v) is 12.5. The minimum atomic E-state index is -0.0412. The van der Waals surface area contributed by atoms with E-state index in [2.05, 4.69) is 65.2 Å². The van der Waals surface area contributed by atoms with Crippen molar-refractivity contribution in [3.63, 3.8) is 0 Å². The number of azo groups is 4. The van der Waals surface area contributed by atoms with Crippen molar-refractivity contribution in [1.29, 1.82) is 0 Å². The average molecular weight is 953 g/mol. The summed E-state index contributed by atoms with van der Waals surface area (Å²) in [6.45, 7) is 16.0. The molecule has 12 heteroatoms. The Morgan fingerprint density at radius 1 is 0.208 bits per heavy atom. The normalized spacial score (nSPS) is 12.8. The monoisotopic (exact) mass is 952 g/mol. The summed E-state index contributed by atoms with van der Waals surface area (Å²) in [5.74, 6) is -0.165. The summed E-state index contributed by atoms with van der Waals surface area (Å²) in [5, 5.41) is 86.4. The molecule has 8 aromatic rings. The first kappa shape index (κ1) is 48.4. The van der Waals surface area contributed by atoms with Crippen LogP contribution in [0.3, 0.4) is 0 Å². The Hall–Kier alpha value is -8.64. The van der Waals surface area contributed by atoms with Gasteiger partial charge >= 0.3 is 0 Å². The first-order valence-electron chi connectivity index (χ1n) is 23.9. The largest absolute Gasteiger partial charge is 0.507 e. The number of hydrogen-bond acceptors (Lipinski definition) is 12. The van der Waals surface area contributed by atoms with Gasteiger partial charge in [-0.2, -0.15) is 40.9 Å². The van der Waals surface area contributed by atoms with E-state index in [9.17, 15) is 20.4 Å². The Kier molecular flexibility index (Phi) is 13.7. The Morgan fingerprint density at radius 3 is 0.472 bits per heavy atom. The Morgan fingerprint density at radius 2 is 0.333 bits per heavy atom. The van der Waals surface area contributed by atoms with Gasteiger partial charge in [0.1, 0.15) is 23.0 Å². The summed E-state index contributed by atoms with van der Waals surface area (Å²) >= 11 is 0. The maximum atomic E-state index is 12.3. The number of phenols is 4. The molecule has 8 aromatic carbocycles. The van der Waals surface area contributed by atoms with Gasteiger partial charge in [-0.1, -0.05) is 24.3 Å². The van der Waals surface area contributed by atoms with Crippen LogP contribution in [0.25, 0.3) is 0 Å². The highest BCUT2D eigenvalue weighted by molar-refractivity contribution is 5.64. The minimum Gasteiger partial charge on any atom is -0.507 e. The van der Waals surface area contributed by atoms with Gasteiger partial charge in [0.15, 0.2) is 0 Å². The van der Waals surface area contributed by atoms with E-state index in [1.807, 2.05) is 104 Å². The third-order valence-electron chi connectivity index (χ3n) is 12.5. The number of hydrogen-bond donors (Lipinski definition) is 4. The number of aromatic hydroxyl groups is 4. The molecular formula is C60H56N8O4. The van der Waals surface area contributed by atoms with Crippen molar-refractivity contribution in [2.75, 3.05) is 0 Å². The molecule has 72 heavy (non-hydrogen) atoms. The molecule has 0 aliphatic heterocycles. The van der Waals surface area contributed by atoms with E-state index >= 15 is 0 Å². The smallest absolute Gasteiger partial charge is 0.122 e. The van der Waals surface area contributed by atoms with Crippen LogP contribution in [-0.2, 0) is 25.7 Å². The number of nitrogens with zero attached hydrogens (tertiary/aromatic N) is 8. The van der Waals surface area contributed by atoms with Crippen molar-refractivity contribution < 1.29 is 20.4 Å². The van der Waals surface area contributed by atoms with Gasteiger partial charge in [0, 0.05) is 70.2 Å². The second-order valence-electron chi connectivity index (χ2n) is 19.3. The summed E-state index contributed by atoms with van der Waals surface area (Å²) < 4.78 is 0. The molecule has 0 heterocycles. The van der Waals surface area contributed by atoms with Crippen LogP contribution < -0.4 is 0 Å². The van der Waals surface area contributed by atoms with Gasteiger partial charge in [0.05, 0.1) is 45.5 Å². The van der Waals surface area contributed by atoms with Gasteiger partial charge in [-0.3, -0.25) is 0 Å². The maximum Gasteiger partial charge on any atom is 0.122 e. The van der Waals surface area contributed by atoms with Gasteiger partial charge in [0.25, 0.3) is 0 Å². The lowest BCUT2D eigenvalue weighted by molar-refractivity contribution is 0.450. The fourth-order valence-corrected chi connectivity index (χ4v) is 9.59. The van der Waals surface area contributed by atoms with Crippen LogP contribution in [-0.4, -0.2) is 20.4 Å². The number of phenolic OH excluding ortho intramolecular Hbond substituents is 4. The summed E-state index contributed by atoms with van der Waals surface area (Å²) in [6, 6.07) is 37.8. The van der Waals surface area contributed by atoms with Crippen LogP contribution in [0.5, 0.6) is 23.0 Å². The average Bonchev–Trinajstić information content (AvgIpc) is 3.30. The molecule has 0 unspecified atom stereocenters. The van der Waals surface area contributed by atoms with E-state index in [0.29, 0.717) is 90.0 Å². The predicted molar refractivity (Wildman–Crippen MR) is 284 cm³/mol. The van der Waals surface area contributed by atoms with Crippen molar-refractivity contribution in [2.24, 2.45) is 40.9 Å². The third kappa shape index (κ3) is 11.5. The quantitative estimate of drug-likeness (QED) is 0.111. The van der Waals surface area contributed by atoms with E-state index in [4.69, 9.17) is 0 Å². The van der Waals surface area contributed by atoms with E-state index < -0.39 is 0 Å². The number of rotatable bonds is 8. The van der Waals surface area contributed by atoms with Gasteiger partial charge in [-0.05, 0) is 197 Å². The van der Waals surface area contributed by atoms with Gasteiger partial charge < -0.3 is 20.4 Å². The molecule has 0 atom stereocenters. The first-order valence-corrected chi connectivity index (χ1v) is 23.9. The molecular weight excluding hydrogens is 897 g/mol. The lowest BCUT2D eigenvalue weighted by atomic mass is 9.90. The SMILES string of the molecule is Cc1cc(C)cc(N=Nc2cc3c(O)c(c2)Cc2cc(N=Nc4cc(C)cc(C)c4)cc(c2O)Cc2cc(N=Nc4cc(C)cc(C)c4)cc(c2O)Cc2cc(N=Nc4cc(C)cc(C)c4)cc(c2O)C3)c1. The lowest BCUT2D eigenvalue weighted by Crippen LogP contribution is -2.01. The molecule has 360 valence electrons. The molecule has 0 spiro atoms. The van der Waals surface area contributed by atoms with E-state index in [0.717, 1.165) is 44.5 Å². The molecule has 0 saturated heterocycles. The van der Waals surface area contributed by atoms with Gasteiger partial charge in [-0.25, -0.2) is 0 Å². The fraction of sp³-hybridized carbons (Fsp3) is 0.200. The summed E-state index contributed by atoms with van der Waals surface area (Å²) in [5.41, 5.74) is 16.4. The molecule has 9 rings (SSSR count). The van der Waals surface area contributed by atoms with Crippen LogP contribution in [0.4, 0.5) is 45.5 Å². The first-order chi connectivity index (χ1) is 34.5. The standard InChI is InChI=1S/C60H56N8O4/c1-33-9-34(2)14-49(13-33)61-65-53-25-41-21-43-27-54(66-62-50-15-35(3)10-36(4)16-50)29-45(58(43)70)23-47-31-56(68-64-52-19-39(7)12-40(8)20-52)32-48(60(47)72)24-46-30-55(67-63-51-17-37(5)11-38(6)18-51)28-44(59(46)71)22-42(26-53)57(41)69/h9-20,25-32,69-72H,21-24H2,1-8H3. The van der Waals surface area contributed by atoms with Gasteiger partial charge in [-0.15, -0.1) is 0 Å². The number of benzene rings is 8. The highest BCUT2D eigenvalue weighted by Crippen LogP contribution is 2.43. The summed E-state index contributed by atoms with van der Waals surface area (Å²) in [4.78, 5) is 0. The lowest BCUT2D eigenvalue weighted by Gasteiger charge is -2.18. The predicted octanol–water partition coefficient (Wildman–Crippen LogP) is 17.3. The maximum absolute atomic E-state index is 12.3. The van der Waals surface area contributed by atoms with Crippen molar-refractivity contribution >= 4 is 45.5 Å². The molecule has 0 fully saturated rings. The van der Waals surface area contributed by atoms with Crippen LogP contribution in [0.2, 0.25) is 0 Å². The Labute approximate surface area is 419 Å². The van der Waals surface area contributed by atoms with Crippen molar-refractivity contribution in [3.8, 4) is 23.0 Å². The van der Waals surface area contributed by atoms with Crippen LogP contribution >= 0.6 is 0 Å². The molecule has 12 nitrogen and oxygen atoms in total. The second-order valence-corrected chi connectivity index (χ2v) is 19.3.